The molecule has 1 heterocycles. The SMILES string of the molecule is CC1CC2C=CC=CC2C1.[Ni+2].[c-]1cccs1.c1ccc(P(c2ccccc2)c2ccccc2)cc1. The number of allylic oxidation sites excluding steroid dienone is 4. The number of fused-ring (bicyclic) bond motifs is 1. The van der Waals surface area contributed by atoms with Gasteiger partial charge in [0, 0.05) is 0 Å². The molecular formula is C32H32NiPS+. The molecule has 2 aliphatic carbocycles. The first-order valence-corrected chi connectivity index (χ1v) is 14.2. The van der Waals surface area contributed by atoms with E-state index < -0.39 is 7.92 Å². The van der Waals surface area contributed by atoms with Crippen molar-refractivity contribution in [2.75, 3.05) is 0 Å². The summed E-state index contributed by atoms with van der Waals surface area (Å²) in [4.78, 5) is 0. The molecule has 2 atom stereocenters. The Labute approximate surface area is 226 Å². The van der Waals surface area contributed by atoms with Crippen LogP contribution in [-0.2, 0) is 16.5 Å². The summed E-state index contributed by atoms with van der Waals surface area (Å²) in [5.41, 5.74) is 0. The first kappa shape index (κ1) is 27.4. The monoisotopic (exact) mass is 537 g/mol. The van der Waals surface area contributed by atoms with Gasteiger partial charge in [-0.25, -0.2) is 6.07 Å². The van der Waals surface area contributed by atoms with Crippen LogP contribution >= 0.6 is 19.3 Å². The summed E-state index contributed by atoms with van der Waals surface area (Å²) in [5, 5.41) is 9.08. The zero-order chi connectivity index (χ0) is 23.4. The Morgan fingerprint density at radius 3 is 1.40 bits per heavy atom. The summed E-state index contributed by atoms with van der Waals surface area (Å²) in [6.45, 7) is 2.36. The minimum Gasteiger partial charge on any atom is -0.304 e. The molecule has 0 spiro atoms. The molecule has 0 radical (unpaired) electrons. The van der Waals surface area contributed by atoms with Crippen molar-refractivity contribution >= 4 is 35.2 Å². The summed E-state index contributed by atoms with van der Waals surface area (Å²) in [5.74, 6) is 2.70. The van der Waals surface area contributed by atoms with Crippen LogP contribution in [0.1, 0.15) is 19.8 Å². The first-order valence-electron chi connectivity index (χ1n) is 12.0. The van der Waals surface area contributed by atoms with Crippen LogP contribution in [-0.4, -0.2) is 0 Å². The fourth-order valence-corrected chi connectivity index (χ4v) is 7.30. The van der Waals surface area contributed by atoms with Gasteiger partial charge in [-0.05, 0) is 54.4 Å². The third-order valence-corrected chi connectivity index (χ3v) is 9.16. The molecular weight excluding hydrogens is 506 g/mol. The first-order chi connectivity index (χ1) is 16.8. The second-order valence-corrected chi connectivity index (χ2v) is 11.7. The number of hydrogen-bond donors (Lipinski definition) is 0. The molecule has 0 nitrogen and oxygen atoms in total. The summed E-state index contributed by atoms with van der Waals surface area (Å²) in [7, 11) is -0.446. The van der Waals surface area contributed by atoms with Crippen molar-refractivity contribution in [3.63, 3.8) is 0 Å². The van der Waals surface area contributed by atoms with Crippen molar-refractivity contribution in [1.82, 2.24) is 0 Å². The van der Waals surface area contributed by atoms with Crippen LogP contribution in [0, 0.1) is 23.1 Å². The van der Waals surface area contributed by atoms with Gasteiger partial charge in [-0.1, -0.05) is 122 Å². The fraction of sp³-hybridized carbons (Fsp3) is 0.188. The molecule has 1 saturated carbocycles. The molecule has 0 bridgehead atoms. The van der Waals surface area contributed by atoms with E-state index in [1.165, 1.54) is 28.8 Å². The van der Waals surface area contributed by atoms with Crippen molar-refractivity contribution < 1.29 is 16.5 Å². The smallest absolute Gasteiger partial charge is 0.304 e. The van der Waals surface area contributed by atoms with E-state index in [-0.39, 0.29) is 16.5 Å². The van der Waals surface area contributed by atoms with Gasteiger partial charge in [-0.15, -0.1) is 5.38 Å². The maximum atomic E-state index is 2.90. The average molecular weight is 538 g/mol. The Morgan fingerprint density at radius 1 is 0.657 bits per heavy atom. The Bertz CT molecular complexity index is 993. The van der Waals surface area contributed by atoms with Crippen LogP contribution < -0.4 is 15.9 Å². The molecule has 1 aromatic heterocycles. The van der Waals surface area contributed by atoms with Crippen molar-refractivity contribution in [2.24, 2.45) is 17.8 Å². The standard InChI is InChI=1S/C18H15P.C10H14.C4H3S.Ni/c1-4-10-16(11-5-1)19(17-12-6-2-7-13-17)18-14-8-3-9-15-18;1-8-6-9-4-2-3-5-10(9)7-8;1-2-4-5-3-1;/h1-15H;2-5,8-10H,6-7H2,1H3;1-3H;/q;;-1;+2. The van der Waals surface area contributed by atoms with Crippen LogP contribution in [0.4, 0.5) is 0 Å². The van der Waals surface area contributed by atoms with E-state index in [1.54, 1.807) is 11.3 Å². The van der Waals surface area contributed by atoms with Gasteiger partial charge in [0.15, 0.2) is 0 Å². The average Bonchev–Trinajstić information content (AvgIpc) is 3.59. The minimum absolute atomic E-state index is 0. The summed E-state index contributed by atoms with van der Waals surface area (Å²) >= 11 is 1.59. The van der Waals surface area contributed by atoms with Gasteiger partial charge in [-0.2, -0.15) is 11.4 Å². The van der Waals surface area contributed by atoms with Gasteiger partial charge in [0.05, 0.1) is 0 Å². The quantitative estimate of drug-likeness (QED) is 0.142. The predicted octanol–water partition coefficient (Wildman–Crippen LogP) is 7.77. The third-order valence-electron chi connectivity index (χ3n) is 6.15. The molecule has 0 amide bonds. The van der Waals surface area contributed by atoms with E-state index in [0.717, 1.165) is 17.8 Å². The van der Waals surface area contributed by atoms with Gasteiger partial charge in [-0.3, -0.25) is 0 Å². The van der Waals surface area contributed by atoms with E-state index in [2.05, 4.69) is 128 Å². The van der Waals surface area contributed by atoms with Crippen LogP contribution in [0.2, 0.25) is 0 Å². The zero-order valence-electron chi connectivity index (χ0n) is 20.0. The second-order valence-electron chi connectivity index (χ2n) is 8.75. The van der Waals surface area contributed by atoms with E-state index >= 15 is 0 Å². The largest absolute Gasteiger partial charge is 2.00 e. The second kappa shape index (κ2) is 15.0. The van der Waals surface area contributed by atoms with Crippen LogP contribution in [0.3, 0.4) is 0 Å². The normalized spacial score (nSPS) is 19.4. The summed E-state index contributed by atoms with van der Waals surface area (Å²) in [6.07, 6.45) is 11.9. The Morgan fingerprint density at radius 2 is 1.09 bits per heavy atom. The molecule has 180 valence electrons. The Kier molecular flexibility index (Phi) is 11.7. The number of rotatable bonds is 3. The maximum absolute atomic E-state index is 2.90. The molecule has 2 unspecified atom stereocenters. The fourth-order valence-electron chi connectivity index (χ4n) is 4.61. The number of benzene rings is 3. The molecule has 0 aliphatic heterocycles. The zero-order valence-corrected chi connectivity index (χ0v) is 22.7. The molecule has 0 N–H and O–H groups in total. The summed E-state index contributed by atoms with van der Waals surface area (Å²) in [6, 6.07) is 36.2. The molecule has 0 saturated heterocycles. The van der Waals surface area contributed by atoms with Crippen molar-refractivity contribution in [1.29, 1.82) is 0 Å². The van der Waals surface area contributed by atoms with Crippen molar-refractivity contribution in [2.45, 2.75) is 19.8 Å². The molecule has 4 aromatic rings. The number of hydrogen-bond acceptors (Lipinski definition) is 1. The number of thiophene rings is 1. The van der Waals surface area contributed by atoms with Gasteiger partial charge >= 0.3 is 16.5 Å². The van der Waals surface area contributed by atoms with Gasteiger partial charge in [0.25, 0.3) is 0 Å². The third kappa shape index (κ3) is 8.43. The predicted molar refractivity (Wildman–Crippen MR) is 152 cm³/mol. The minimum atomic E-state index is -0.446. The molecule has 1 fully saturated rings. The molecule has 3 heteroatoms. The molecule has 6 rings (SSSR count). The van der Waals surface area contributed by atoms with Gasteiger partial charge in [0.1, 0.15) is 0 Å². The van der Waals surface area contributed by atoms with Crippen molar-refractivity contribution in [3.05, 3.63) is 138 Å². The summed E-state index contributed by atoms with van der Waals surface area (Å²) < 4.78 is 0. The van der Waals surface area contributed by atoms with Crippen LogP contribution in [0.25, 0.3) is 0 Å². The van der Waals surface area contributed by atoms with E-state index in [1.807, 2.05) is 17.5 Å². The van der Waals surface area contributed by atoms with E-state index in [9.17, 15) is 0 Å². The van der Waals surface area contributed by atoms with Gasteiger partial charge < -0.3 is 11.3 Å². The Balaban J connectivity index is 0.000000178. The van der Waals surface area contributed by atoms with Crippen molar-refractivity contribution in [3.8, 4) is 0 Å². The molecule has 3 aromatic carbocycles. The Hall–Kier alpha value is -2.24. The van der Waals surface area contributed by atoms with E-state index in [0.29, 0.717) is 0 Å². The maximum Gasteiger partial charge on any atom is 2.00 e. The van der Waals surface area contributed by atoms with Crippen LogP contribution in [0.15, 0.2) is 133 Å². The van der Waals surface area contributed by atoms with E-state index in [4.69, 9.17) is 0 Å². The van der Waals surface area contributed by atoms with Gasteiger partial charge in [0.2, 0.25) is 0 Å². The molecule has 2 aliphatic rings. The molecule has 35 heavy (non-hydrogen) atoms. The van der Waals surface area contributed by atoms with Crippen LogP contribution in [0.5, 0.6) is 0 Å². The topological polar surface area (TPSA) is 0 Å².